The van der Waals surface area contributed by atoms with Crippen LogP contribution in [0, 0.1) is 5.92 Å². The summed E-state index contributed by atoms with van der Waals surface area (Å²) in [5.41, 5.74) is 2.74. The molecule has 0 radical (unpaired) electrons. The molecular weight excluding hydrogens is 398 g/mol. The lowest BCUT2D eigenvalue weighted by molar-refractivity contribution is 0.0942. The van der Waals surface area contributed by atoms with Crippen LogP contribution in [0.15, 0.2) is 60.7 Å². The molecule has 0 aromatic heterocycles. The summed E-state index contributed by atoms with van der Waals surface area (Å²) < 4.78 is 0. The molecule has 5 heteroatoms. The number of benzene rings is 3. The number of hydrogen-bond donors (Lipinski definition) is 2. The number of carbonyl (C=O) groups is 2. The average molecular weight is 430 g/mol. The summed E-state index contributed by atoms with van der Waals surface area (Å²) in [6.45, 7) is 8.05. The van der Waals surface area contributed by atoms with Crippen LogP contribution >= 0.6 is 0 Å². The zero-order chi connectivity index (χ0) is 22.7. The van der Waals surface area contributed by atoms with Crippen molar-refractivity contribution in [2.24, 2.45) is 5.92 Å². The third kappa shape index (κ3) is 4.93. The molecule has 1 aliphatic rings. The molecule has 1 fully saturated rings. The summed E-state index contributed by atoms with van der Waals surface area (Å²) in [4.78, 5) is 28.2. The van der Waals surface area contributed by atoms with Crippen molar-refractivity contribution >= 4 is 34.0 Å². The molecule has 3 aromatic rings. The summed E-state index contributed by atoms with van der Waals surface area (Å²) in [6.07, 6.45) is 2.23. The van der Waals surface area contributed by atoms with Gasteiger partial charge in [0, 0.05) is 36.1 Å². The second-order valence-corrected chi connectivity index (χ2v) is 9.05. The van der Waals surface area contributed by atoms with Gasteiger partial charge in [-0.3, -0.25) is 9.59 Å². The number of fused-ring (bicyclic) bond motifs is 1. The van der Waals surface area contributed by atoms with E-state index < -0.39 is 0 Å². The largest absolute Gasteiger partial charge is 0.371 e. The van der Waals surface area contributed by atoms with Crippen molar-refractivity contribution < 1.29 is 9.59 Å². The number of nitrogens with zero attached hydrogens (tertiary/aromatic N) is 1. The minimum Gasteiger partial charge on any atom is -0.371 e. The topological polar surface area (TPSA) is 61.4 Å². The highest BCUT2D eigenvalue weighted by Gasteiger charge is 2.22. The Morgan fingerprint density at radius 3 is 2.34 bits per heavy atom. The third-order valence-electron chi connectivity index (χ3n) is 6.05. The quantitative estimate of drug-likeness (QED) is 0.566. The Hall–Kier alpha value is -3.34. The number of carbonyl (C=O) groups excluding carboxylic acids is 2. The molecule has 3 aromatic carbocycles. The number of rotatable bonds is 5. The highest BCUT2D eigenvalue weighted by Crippen LogP contribution is 2.29. The number of nitrogens with one attached hydrogen (secondary N) is 2. The lowest BCUT2D eigenvalue weighted by Crippen LogP contribution is -2.36. The van der Waals surface area contributed by atoms with E-state index in [2.05, 4.69) is 22.5 Å². The second kappa shape index (κ2) is 9.43. The molecule has 1 aliphatic heterocycles. The first-order valence-electron chi connectivity index (χ1n) is 11.4. The third-order valence-corrected chi connectivity index (χ3v) is 6.05. The summed E-state index contributed by atoms with van der Waals surface area (Å²) in [5.74, 6) is 0.403. The van der Waals surface area contributed by atoms with Gasteiger partial charge >= 0.3 is 0 Å². The van der Waals surface area contributed by atoms with E-state index in [-0.39, 0.29) is 17.9 Å². The minimum atomic E-state index is -0.189. The molecule has 1 saturated heterocycles. The Balaban J connectivity index is 1.60. The predicted octanol–water partition coefficient (Wildman–Crippen LogP) is 5.47. The Morgan fingerprint density at radius 1 is 0.906 bits per heavy atom. The lowest BCUT2D eigenvalue weighted by Gasteiger charge is -2.33. The van der Waals surface area contributed by atoms with Gasteiger partial charge in [0.05, 0.1) is 5.56 Å². The Labute approximate surface area is 189 Å². The fourth-order valence-corrected chi connectivity index (χ4v) is 4.19. The molecule has 166 valence electrons. The molecule has 5 nitrogen and oxygen atoms in total. The SMILES string of the molecule is CC1CCN(c2ccc(NC(=O)c3ccc4ccccc4c3)cc2C(=O)NC(C)C)CC1. The van der Waals surface area contributed by atoms with Crippen molar-refractivity contribution in [3.05, 3.63) is 71.8 Å². The Bertz CT molecular complexity index is 1130. The molecule has 4 rings (SSSR count). The van der Waals surface area contributed by atoms with Crippen LogP contribution in [-0.2, 0) is 0 Å². The first kappa shape index (κ1) is 21.9. The van der Waals surface area contributed by atoms with Gasteiger partial charge in [0.2, 0.25) is 0 Å². The maximum Gasteiger partial charge on any atom is 0.255 e. The van der Waals surface area contributed by atoms with Gasteiger partial charge in [-0.1, -0.05) is 37.3 Å². The Morgan fingerprint density at radius 2 is 1.62 bits per heavy atom. The lowest BCUT2D eigenvalue weighted by atomic mass is 9.97. The van der Waals surface area contributed by atoms with Crippen LogP contribution in [0.2, 0.25) is 0 Å². The Kier molecular flexibility index (Phi) is 6.45. The normalized spacial score (nSPS) is 14.6. The number of amides is 2. The van der Waals surface area contributed by atoms with Crippen molar-refractivity contribution in [3.63, 3.8) is 0 Å². The smallest absolute Gasteiger partial charge is 0.255 e. The van der Waals surface area contributed by atoms with E-state index in [1.165, 1.54) is 0 Å². The monoisotopic (exact) mass is 429 g/mol. The fourth-order valence-electron chi connectivity index (χ4n) is 4.19. The maximum absolute atomic E-state index is 13.0. The van der Waals surface area contributed by atoms with E-state index in [1.54, 1.807) is 6.07 Å². The van der Waals surface area contributed by atoms with Gasteiger partial charge in [-0.2, -0.15) is 0 Å². The van der Waals surface area contributed by atoms with Crippen LogP contribution in [0.25, 0.3) is 10.8 Å². The van der Waals surface area contributed by atoms with Gasteiger partial charge in [0.1, 0.15) is 0 Å². The molecule has 0 bridgehead atoms. The second-order valence-electron chi connectivity index (χ2n) is 9.05. The molecule has 1 heterocycles. The molecule has 2 amide bonds. The number of hydrogen-bond acceptors (Lipinski definition) is 3. The van der Waals surface area contributed by atoms with Gasteiger partial charge in [0.25, 0.3) is 11.8 Å². The highest BCUT2D eigenvalue weighted by atomic mass is 16.2. The van der Waals surface area contributed by atoms with Crippen LogP contribution < -0.4 is 15.5 Å². The highest BCUT2D eigenvalue weighted by molar-refractivity contribution is 6.08. The average Bonchev–Trinajstić information content (AvgIpc) is 2.79. The van der Waals surface area contributed by atoms with E-state index in [9.17, 15) is 9.59 Å². The van der Waals surface area contributed by atoms with Crippen LogP contribution in [0.5, 0.6) is 0 Å². The molecule has 32 heavy (non-hydrogen) atoms. The summed E-state index contributed by atoms with van der Waals surface area (Å²) in [6, 6.07) is 19.3. The van der Waals surface area contributed by atoms with E-state index in [0.717, 1.165) is 42.4 Å². The summed E-state index contributed by atoms with van der Waals surface area (Å²) >= 11 is 0. The summed E-state index contributed by atoms with van der Waals surface area (Å²) in [7, 11) is 0. The van der Waals surface area contributed by atoms with Crippen LogP contribution in [0.3, 0.4) is 0 Å². The van der Waals surface area contributed by atoms with Gasteiger partial charge in [0.15, 0.2) is 0 Å². The van der Waals surface area contributed by atoms with Crippen molar-refractivity contribution in [1.82, 2.24) is 5.32 Å². The van der Waals surface area contributed by atoms with Crippen molar-refractivity contribution in [3.8, 4) is 0 Å². The summed E-state index contributed by atoms with van der Waals surface area (Å²) in [5, 5.41) is 8.09. The van der Waals surface area contributed by atoms with Gasteiger partial charge in [-0.05, 0) is 73.7 Å². The van der Waals surface area contributed by atoms with Crippen molar-refractivity contribution in [2.75, 3.05) is 23.3 Å². The van der Waals surface area contributed by atoms with E-state index in [4.69, 9.17) is 0 Å². The van der Waals surface area contributed by atoms with Gasteiger partial charge < -0.3 is 15.5 Å². The first-order chi connectivity index (χ1) is 15.4. The van der Waals surface area contributed by atoms with E-state index in [1.807, 2.05) is 68.4 Å². The molecule has 0 saturated carbocycles. The zero-order valence-electron chi connectivity index (χ0n) is 19.0. The molecule has 2 N–H and O–H groups in total. The molecule has 0 aliphatic carbocycles. The molecule has 0 atom stereocenters. The molecule has 0 unspecified atom stereocenters. The van der Waals surface area contributed by atoms with Crippen LogP contribution in [-0.4, -0.2) is 30.9 Å². The van der Waals surface area contributed by atoms with Crippen molar-refractivity contribution in [1.29, 1.82) is 0 Å². The van der Waals surface area contributed by atoms with E-state index in [0.29, 0.717) is 22.7 Å². The van der Waals surface area contributed by atoms with Gasteiger partial charge in [-0.15, -0.1) is 0 Å². The number of piperidine rings is 1. The zero-order valence-corrected chi connectivity index (χ0v) is 19.0. The van der Waals surface area contributed by atoms with Crippen LogP contribution in [0.4, 0.5) is 11.4 Å². The number of anilines is 2. The van der Waals surface area contributed by atoms with Gasteiger partial charge in [-0.25, -0.2) is 0 Å². The minimum absolute atomic E-state index is 0.0348. The predicted molar refractivity (Wildman–Crippen MR) is 132 cm³/mol. The van der Waals surface area contributed by atoms with Crippen molar-refractivity contribution in [2.45, 2.75) is 39.7 Å². The van der Waals surface area contributed by atoms with E-state index >= 15 is 0 Å². The molecular formula is C27H31N3O2. The van der Waals surface area contributed by atoms with Crippen LogP contribution in [0.1, 0.15) is 54.3 Å². The maximum atomic E-state index is 13.0. The first-order valence-corrected chi connectivity index (χ1v) is 11.4. The fraction of sp³-hybridized carbons (Fsp3) is 0.333. The molecule has 0 spiro atoms. The standard InChI is InChI=1S/C27H31N3O2/c1-18(2)28-27(32)24-17-23(10-11-25(24)30-14-12-19(3)13-15-30)29-26(31)22-9-8-20-6-4-5-7-21(20)16-22/h4-11,16-19H,12-15H2,1-3H3,(H,28,32)(H,29,31).